The Bertz CT molecular complexity index is 1030. The lowest BCUT2D eigenvalue weighted by molar-refractivity contribution is -0.127. The maximum atomic E-state index is 12.4. The summed E-state index contributed by atoms with van der Waals surface area (Å²) in [7, 11) is 1.80. The number of nitrogens with one attached hydrogen (secondary N) is 1. The summed E-state index contributed by atoms with van der Waals surface area (Å²) in [6.07, 6.45) is 1.63. The molecule has 0 spiro atoms. The Kier molecular flexibility index (Phi) is 5.89. The van der Waals surface area contributed by atoms with Crippen molar-refractivity contribution in [3.63, 3.8) is 0 Å². The second-order valence-corrected chi connectivity index (χ2v) is 9.24. The van der Waals surface area contributed by atoms with E-state index in [0.29, 0.717) is 24.0 Å². The number of anilines is 1. The van der Waals surface area contributed by atoms with Gasteiger partial charge in [0.25, 0.3) is 0 Å². The highest BCUT2D eigenvalue weighted by Crippen LogP contribution is 2.27. The summed E-state index contributed by atoms with van der Waals surface area (Å²) < 4.78 is 7.16. The Morgan fingerprint density at radius 2 is 2.11 bits per heavy atom. The topological polar surface area (TPSA) is 84.2 Å². The lowest BCUT2D eigenvalue weighted by atomic mass is 10.3. The fraction of sp³-hybridized carbons (Fsp3) is 0.222. The van der Waals surface area contributed by atoms with Crippen molar-refractivity contribution in [2.45, 2.75) is 17.4 Å². The highest BCUT2D eigenvalue weighted by atomic mass is 32.2. The molecule has 4 rings (SSSR count). The molecule has 3 aromatic heterocycles. The van der Waals surface area contributed by atoms with Crippen LogP contribution in [0.5, 0.6) is 0 Å². The number of furan rings is 1. The van der Waals surface area contributed by atoms with Crippen LogP contribution in [0.1, 0.15) is 10.8 Å². The number of fused-ring (bicyclic) bond motifs is 1. The normalized spacial score (nSPS) is 11.0. The number of thiazole rings is 1. The van der Waals surface area contributed by atoms with Crippen LogP contribution in [-0.4, -0.2) is 38.8 Å². The molecular weight excluding hydrogens is 414 g/mol. The Balaban J connectivity index is 1.26. The van der Waals surface area contributed by atoms with Crippen molar-refractivity contribution < 1.29 is 9.21 Å². The van der Waals surface area contributed by atoms with E-state index in [9.17, 15) is 4.79 Å². The largest absolute Gasteiger partial charge is 0.467 e. The first-order valence-corrected chi connectivity index (χ1v) is 11.1. The van der Waals surface area contributed by atoms with Gasteiger partial charge in [-0.2, -0.15) is 0 Å². The average molecular weight is 432 g/mol. The van der Waals surface area contributed by atoms with Crippen LogP contribution in [0.3, 0.4) is 0 Å². The molecule has 3 heterocycles. The summed E-state index contributed by atoms with van der Waals surface area (Å²) in [5.41, 5.74) is 0.973. The molecule has 0 saturated heterocycles. The third-order valence-electron chi connectivity index (χ3n) is 3.86. The Morgan fingerprint density at radius 1 is 1.21 bits per heavy atom. The first-order valence-electron chi connectivity index (χ1n) is 8.48. The Hall–Kier alpha value is -2.43. The van der Waals surface area contributed by atoms with Crippen LogP contribution >= 0.6 is 34.4 Å². The Labute approximate surface area is 173 Å². The highest BCUT2D eigenvalue weighted by molar-refractivity contribution is 8.01. The van der Waals surface area contributed by atoms with E-state index in [1.807, 2.05) is 36.4 Å². The van der Waals surface area contributed by atoms with Gasteiger partial charge in [-0.3, -0.25) is 4.79 Å². The number of thioether (sulfide) groups is 1. The maximum absolute atomic E-state index is 12.4. The Morgan fingerprint density at radius 3 is 2.93 bits per heavy atom. The van der Waals surface area contributed by atoms with Crippen LogP contribution in [0, 0.1) is 0 Å². The van der Waals surface area contributed by atoms with E-state index in [0.717, 1.165) is 25.3 Å². The van der Waals surface area contributed by atoms with E-state index < -0.39 is 0 Å². The van der Waals surface area contributed by atoms with Gasteiger partial charge in [-0.1, -0.05) is 35.2 Å². The number of para-hydroxylation sites is 1. The minimum atomic E-state index is 0.0320. The molecule has 0 unspecified atom stereocenters. The van der Waals surface area contributed by atoms with Gasteiger partial charge in [0, 0.05) is 7.05 Å². The summed E-state index contributed by atoms with van der Waals surface area (Å²) in [5, 5.41) is 13.0. The molecule has 10 heteroatoms. The SMILES string of the molecule is CN(Cc1nc2ccccc2s1)C(=O)CSc1nnc(NCc2ccco2)s1. The number of aromatic nitrogens is 3. The first-order chi connectivity index (χ1) is 13.7. The molecule has 1 N–H and O–H groups in total. The molecular formula is C18H17N5O2S3. The monoisotopic (exact) mass is 431 g/mol. The number of benzene rings is 1. The number of rotatable bonds is 8. The van der Waals surface area contributed by atoms with Crippen LogP contribution in [0.2, 0.25) is 0 Å². The smallest absolute Gasteiger partial charge is 0.233 e. The number of hydrogen-bond donors (Lipinski definition) is 1. The van der Waals surface area contributed by atoms with Crippen molar-refractivity contribution in [3.8, 4) is 0 Å². The zero-order valence-electron chi connectivity index (χ0n) is 15.0. The third-order valence-corrected chi connectivity index (χ3v) is 6.88. The first kappa shape index (κ1) is 18.9. The third kappa shape index (κ3) is 4.70. The lowest BCUT2D eigenvalue weighted by Crippen LogP contribution is -2.27. The molecule has 28 heavy (non-hydrogen) atoms. The van der Waals surface area contributed by atoms with Gasteiger partial charge in [-0.05, 0) is 24.3 Å². The molecule has 4 aromatic rings. The second-order valence-electron chi connectivity index (χ2n) is 5.92. The highest BCUT2D eigenvalue weighted by Gasteiger charge is 2.14. The van der Waals surface area contributed by atoms with Gasteiger partial charge in [0.1, 0.15) is 10.8 Å². The van der Waals surface area contributed by atoms with E-state index in [-0.39, 0.29) is 5.91 Å². The molecule has 0 fully saturated rings. The molecule has 0 radical (unpaired) electrons. The van der Waals surface area contributed by atoms with Gasteiger partial charge in [0.05, 0.1) is 35.3 Å². The number of hydrogen-bond acceptors (Lipinski definition) is 9. The molecule has 144 valence electrons. The molecule has 7 nitrogen and oxygen atoms in total. The van der Waals surface area contributed by atoms with E-state index >= 15 is 0 Å². The minimum Gasteiger partial charge on any atom is -0.467 e. The molecule has 0 aliphatic rings. The summed E-state index contributed by atoms with van der Waals surface area (Å²) in [6, 6.07) is 11.7. The summed E-state index contributed by atoms with van der Waals surface area (Å²) in [5.74, 6) is 1.18. The predicted molar refractivity (Wildman–Crippen MR) is 113 cm³/mol. The van der Waals surface area contributed by atoms with Gasteiger partial charge in [0.2, 0.25) is 11.0 Å². The number of amides is 1. The summed E-state index contributed by atoms with van der Waals surface area (Å²) in [6.45, 7) is 1.06. The van der Waals surface area contributed by atoms with Crippen molar-refractivity contribution in [3.05, 3.63) is 53.4 Å². The second kappa shape index (κ2) is 8.72. The van der Waals surface area contributed by atoms with Crippen LogP contribution in [0.4, 0.5) is 5.13 Å². The number of nitrogens with zero attached hydrogens (tertiary/aromatic N) is 4. The molecule has 0 aliphatic carbocycles. The molecule has 1 aromatic carbocycles. The minimum absolute atomic E-state index is 0.0320. The lowest BCUT2D eigenvalue weighted by Gasteiger charge is -2.14. The fourth-order valence-electron chi connectivity index (χ4n) is 2.43. The van der Waals surface area contributed by atoms with Gasteiger partial charge < -0.3 is 14.6 Å². The quantitative estimate of drug-likeness (QED) is 0.420. The average Bonchev–Trinajstić information content (AvgIpc) is 3.44. The molecule has 0 aliphatic heterocycles. The van der Waals surface area contributed by atoms with E-state index in [2.05, 4.69) is 20.5 Å². The zero-order chi connectivity index (χ0) is 19.3. The fourth-order valence-corrected chi connectivity index (χ4v) is 5.14. The van der Waals surface area contributed by atoms with E-state index in [1.165, 1.54) is 23.1 Å². The van der Waals surface area contributed by atoms with Crippen molar-refractivity contribution in [2.75, 3.05) is 18.1 Å². The maximum Gasteiger partial charge on any atom is 0.233 e. The van der Waals surface area contributed by atoms with Gasteiger partial charge >= 0.3 is 0 Å². The molecule has 0 saturated carbocycles. The number of carbonyl (C=O) groups excluding carboxylic acids is 1. The summed E-state index contributed by atoms with van der Waals surface area (Å²) in [4.78, 5) is 18.7. The van der Waals surface area contributed by atoms with Crippen LogP contribution in [-0.2, 0) is 17.9 Å². The van der Waals surface area contributed by atoms with Gasteiger partial charge in [-0.15, -0.1) is 21.5 Å². The molecule has 0 bridgehead atoms. The van der Waals surface area contributed by atoms with Crippen LogP contribution in [0.25, 0.3) is 10.2 Å². The summed E-state index contributed by atoms with van der Waals surface area (Å²) >= 11 is 4.43. The van der Waals surface area contributed by atoms with Crippen molar-refractivity contribution in [2.24, 2.45) is 0 Å². The molecule has 1 amide bonds. The van der Waals surface area contributed by atoms with E-state index in [1.54, 1.807) is 29.5 Å². The zero-order valence-corrected chi connectivity index (χ0v) is 17.4. The number of carbonyl (C=O) groups is 1. The van der Waals surface area contributed by atoms with E-state index in [4.69, 9.17) is 4.42 Å². The van der Waals surface area contributed by atoms with Crippen molar-refractivity contribution >= 4 is 55.7 Å². The molecule has 0 atom stereocenters. The van der Waals surface area contributed by atoms with Crippen molar-refractivity contribution in [1.82, 2.24) is 20.1 Å². The predicted octanol–water partition coefficient (Wildman–Crippen LogP) is 4.10. The van der Waals surface area contributed by atoms with Crippen LogP contribution < -0.4 is 5.32 Å². The van der Waals surface area contributed by atoms with Crippen molar-refractivity contribution in [1.29, 1.82) is 0 Å². The van der Waals surface area contributed by atoms with Crippen LogP contribution in [0.15, 0.2) is 51.4 Å². The van der Waals surface area contributed by atoms with Gasteiger partial charge in [-0.25, -0.2) is 4.98 Å². The van der Waals surface area contributed by atoms with Gasteiger partial charge in [0.15, 0.2) is 4.34 Å². The standard InChI is InChI=1S/C18H17N5O2S3/c1-23(10-15-20-13-6-2-3-7-14(13)27-15)16(24)11-26-18-22-21-17(28-18)19-9-12-5-4-8-25-12/h2-8H,9-11H2,1H3,(H,19,21).